The second kappa shape index (κ2) is 4.00. The number of Topliss-reactive ketones (excluding diaryl/α,β-unsaturated/α-hetero) is 1. The summed E-state index contributed by atoms with van der Waals surface area (Å²) in [5.41, 5.74) is -0.105. The fraction of sp³-hybridized carbons (Fsp3) is 0.846. The number of carboxylic acid groups (broad SMARTS) is 1. The zero-order valence-electron chi connectivity index (χ0n) is 10.8. The summed E-state index contributed by atoms with van der Waals surface area (Å²) in [7, 11) is 0. The molecule has 0 aromatic carbocycles. The van der Waals surface area contributed by atoms with Gasteiger partial charge in [0, 0.05) is 25.4 Å². The number of amides is 1. The van der Waals surface area contributed by atoms with Crippen molar-refractivity contribution < 1.29 is 14.7 Å². The predicted octanol–water partition coefficient (Wildman–Crippen LogP) is 2.38. The maximum absolute atomic E-state index is 11.6. The SMILES string of the molecule is CC(C)(C)C1C2CC(=O)CC2CCN1C(=O)O. The van der Waals surface area contributed by atoms with E-state index in [9.17, 15) is 14.7 Å². The minimum Gasteiger partial charge on any atom is -0.465 e. The van der Waals surface area contributed by atoms with Crippen LogP contribution in [0.5, 0.6) is 0 Å². The number of carbonyl (C=O) groups excluding carboxylic acids is 1. The molecule has 0 radical (unpaired) electrons. The van der Waals surface area contributed by atoms with Crippen LogP contribution in [-0.2, 0) is 4.79 Å². The van der Waals surface area contributed by atoms with Crippen molar-refractivity contribution in [1.29, 1.82) is 0 Å². The van der Waals surface area contributed by atoms with Gasteiger partial charge in [0.1, 0.15) is 5.78 Å². The minimum atomic E-state index is -0.845. The zero-order valence-corrected chi connectivity index (χ0v) is 10.8. The molecule has 1 saturated heterocycles. The molecule has 2 aliphatic rings. The lowest BCUT2D eigenvalue weighted by atomic mass is 9.71. The molecule has 1 saturated carbocycles. The Hall–Kier alpha value is -1.06. The molecule has 0 bridgehead atoms. The number of carbonyl (C=O) groups is 2. The van der Waals surface area contributed by atoms with Crippen LogP contribution in [0.1, 0.15) is 40.0 Å². The Kier molecular flexibility index (Phi) is 2.92. The predicted molar refractivity (Wildman–Crippen MR) is 63.8 cm³/mol. The maximum Gasteiger partial charge on any atom is 0.407 e. The average Bonchev–Trinajstić information content (AvgIpc) is 2.53. The third-order valence-electron chi connectivity index (χ3n) is 4.17. The van der Waals surface area contributed by atoms with Crippen molar-refractivity contribution in [2.75, 3.05) is 6.54 Å². The Morgan fingerprint density at radius 3 is 2.53 bits per heavy atom. The van der Waals surface area contributed by atoms with E-state index in [1.165, 1.54) is 0 Å². The van der Waals surface area contributed by atoms with E-state index in [4.69, 9.17) is 0 Å². The Labute approximate surface area is 102 Å². The van der Waals surface area contributed by atoms with E-state index in [-0.39, 0.29) is 17.4 Å². The summed E-state index contributed by atoms with van der Waals surface area (Å²) in [4.78, 5) is 24.5. The minimum absolute atomic E-state index is 0.0230. The molecule has 2 rings (SSSR count). The first-order chi connectivity index (χ1) is 7.80. The molecule has 1 aliphatic carbocycles. The maximum atomic E-state index is 11.6. The monoisotopic (exact) mass is 239 g/mol. The normalized spacial score (nSPS) is 33.7. The van der Waals surface area contributed by atoms with Gasteiger partial charge in [0.15, 0.2) is 0 Å². The van der Waals surface area contributed by atoms with Gasteiger partial charge < -0.3 is 10.0 Å². The smallest absolute Gasteiger partial charge is 0.407 e. The lowest BCUT2D eigenvalue weighted by Gasteiger charge is -2.47. The highest BCUT2D eigenvalue weighted by atomic mass is 16.4. The molecule has 96 valence electrons. The summed E-state index contributed by atoms with van der Waals surface area (Å²) in [6, 6.07) is -0.0230. The number of rotatable bonds is 0. The van der Waals surface area contributed by atoms with Crippen LogP contribution in [0.2, 0.25) is 0 Å². The first kappa shape index (κ1) is 12.4. The number of fused-ring (bicyclic) bond motifs is 1. The van der Waals surface area contributed by atoms with Gasteiger partial charge >= 0.3 is 6.09 Å². The summed E-state index contributed by atoms with van der Waals surface area (Å²) in [5.74, 6) is 0.941. The van der Waals surface area contributed by atoms with Crippen LogP contribution >= 0.6 is 0 Å². The lowest BCUT2D eigenvalue weighted by molar-refractivity contribution is -0.117. The molecule has 4 nitrogen and oxygen atoms in total. The molecule has 0 aromatic rings. The van der Waals surface area contributed by atoms with Gasteiger partial charge in [-0.3, -0.25) is 4.79 Å². The van der Waals surface area contributed by atoms with Gasteiger partial charge in [0.2, 0.25) is 0 Å². The van der Waals surface area contributed by atoms with Crippen molar-refractivity contribution in [2.24, 2.45) is 17.3 Å². The number of hydrogen-bond acceptors (Lipinski definition) is 2. The number of likely N-dealkylation sites (tertiary alicyclic amines) is 1. The van der Waals surface area contributed by atoms with E-state index < -0.39 is 6.09 Å². The number of ketones is 1. The summed E-state index contributed by atoms with van der Waals surface area (Å²) in [5, 5.41) is 9.30. The van der Waals surface area contributed by atoms with E-state index >= 15 is 0 Å². The molecule has 1 N–H and O–H groups in total. The van der Waals surface area contributed by atoms with Gasteiger partial charge in [-0.15, -0.1) is 0 Å². The Balaban J connectivity index is 2.30. The molecular formula is C13H21NO3. The third kappa shape index (κ3) is 2.17. The largest absolute Gasteiger partial charge is 0.465 e. The van der Waals surface area contributed by atoms with Crippen LogP contribution in [0.3, 0.4) is 0 Å². The molecule has 0 aromatic heterocycles. The number of hydrogen-bond donors (Lipinski definition) is 1. The topological polar surface area (TPSA) is 57.6 Å². The molecule has 17 heavy (non-hydrogen) atoms. The van der Waals surface area contributed by atoms with E-state index in [0.29, 0.717) is 31.1 Å². The van der Waals surface area contributed by atoms with Gasteiger partial charge in [0.25, 0.3) is 0 Å². The molecular weight excluding hydrogens is 218 g/mol. The van der Waals surface area contributed by atoms with Gasteiger partial charge in [-0.25, -0.2) is 4.79 Å². The first-order valence-electron chi connectivity index (χ1n) is 6.32. The van der Waals surface area contributed by atoms with Crippen molar-refractivity contribution in [1.82, 2.24) is 4.90 Å². The van der Waals surface area contributed by atoms with Crippen LogP contribution in [0, 0.1) is 17.3 Å². The highest BCUT2D eigenvalue weighted by molar-refractivity contribution is 5.81. The van der Waals surface area contributed by atoms with Crippen LogP contribution < -0.4 is 0 Å². The lowest BCUT2D eigenvalue weighted by Crippen LogP contribution is -2.55. The first-order valence-corrected chi connectivity index (χ1v) is 6.32. The quantitative estimate of drug-likeness (QED) is 0.706. The Morgan fingerprint density at radius 1 is 1.35 bits per heavy atom. The second-order valence-electron chi connectivity index (χ2n) is 6.45. The van der Waals surface area contributed by atoms with E-state index in [1.54, 1.807) is 4.90 Å². The fourth-order valence-electron chi connectivity index (χ4n) is 3.64. The summed E-state index contributed by atoms with van der Waals surface area (Å²) < 4.78 is 0. The summed E-state index contributed by atoms with van der Waals surface area (Å²) in [6.45, 7) is 6.78. The van der Waals surface area contributed by atoms with Crippen molar-refractivity contribution in [3.8, 4) is 0 Å². The summed E-state index contributed by atoms with van der Waals surface area (Å²) in [6.07, 6.45) is 1.22. The summed E-state index contributed by atoms with van der Waals surface area (Å²) >= 11 is 0. The fourth-order valence-corrected chi connectivity index (χ4v) is 3.64. The van der Waals surface area contributed by atoms with Crippen LogP contribution in [-0.4, -0.2) is 34.5 Å². The van der Waals surface area contributed by atoms with Gasteiger partial charge in [0.05, 0.1) is 0 Å². The van der Waals surface area contributed by atoms with Crippen molar-refractivity contribution >= 4 is 11.9 Å². The molecule has 1 heterocycles. The van der Waals surface area contributed by atoms with Crippen LogP contribution in [0.25, 0.3) is 0 Å². The highest BCUT2D eigenvalue weighted by Crippen LogP contribution is 2.45. The molecule has 1 amide bonds. The van der Waals surface area contributed by atoms with E-state index in [2.05, 4.69) is 20.8 Å². The van der Waals surface area contributed by atoms with Crippen molar-refractivity contribution in [3.63, 3.8) is 0 Å². The third-order valence-corrected chi connectivity index (χ3v) is 4.17. The van der Waals surface area contributed by atoms with Gasteiger partial charge in [-0.05, 0) is 23.7 Å². The Bertz CT molecular complexity index is 345. The van der Waals surface area contributed by atoms with Gasteiger partial charge in [-0.1, -0.05) is 20.8 Å². The van der Waals surface area contributed by atoms with Crippen LogP contribution in [0.15, 0.2) is 0 Å². The molecule has 0 spiro atoms. The Morgan fingerprint density at radius 2 is 2.00 bits per heavy atom. The number of nitrogens with zero attached hydrogens (tertiary/aromatic N) is 1. The molecule has 4 heteroatoms. The van der Waals surface area contributed by atoms with Crippen molar-refractivity contribution in [3.05, 3.63) is 0 Å². The molecule has 3 unspecified atom stereocenters. The average molecular weight is 239 g/mol. The van der Waals surface area contributed by atoms with E-state index in [1.807, 2.05) is 0 Å². The second-order valence-corrected chi connectivity index (χ2v) is 6.45. The zero-order chi connectivity index (χ0) is 12.8. The standard InChI is InChI=1S/C13H21NO3/c1-13(2,3)11-10-7-9(15)6-8(10)4-5-14(11)12(16)17/h8,10-11H,4-7H2,1-3H3,(H,16,17). The van der Waals surface area contributed by atoms with Crippen molar-refractivity contribution in [2.45, 2.75) is 46.1 Å². The van der Waals surface area contributed by atoms with E-state index in [0.717, 1.165) is 6.42 Å². The molecule has 1 aliphatic heterocycles. The molecule has 3 atom stereocenters. The van der Waals surface area contributed by atoms with Crippen LogP contribution in [0.4, 0.5) is 4.79 Å². The number of piperidine rings is 1. The molecule has 2 fully saturated rings. The highest BCUT2D eigenvalue weighted by Gasteiger charge is 2.49. The van der Waals surface area contributed by atoms with Gasteiger partial charge in [-0.2, -0.15) is 0 Å².